The zero-order valence-corrected chi connectivity index (χ0v) is 8.83. The zero-order valence-electron chi connectivity index (χ0n) is 8.01. The molecule has 0 bridgehead atoms. The van der Waals surface area contributed by atoms with Gasteiger partial charge in [-0.1, -0.05) is 6.92 Å². The summed E-state index contributed by atoms with van der Waals surface area (Å²) in [7, 11) is 0. The number of nitrogens with zero attached hydrogens (tertiary/aromatic N) is 1. The van der Waals surface area contributed by atoms with Gasteiger partial charge in [0.25, 0.3) is 0 Å². The molecular formula is C9H15FN2S. The summed E-state index contributed by atoms with van der Waals surface area (Å²) in [5.74, 6) is 0. The number of aromatic nitrogens is 1. The third-order valence-electron chi connectivity index (χ3n) is 2.13. The fraction of sp³-hybridized carbons (Fsp3) is 0.667. The summed E-state index contributed by atoms with van der Waals surface area (Å²) in [5.41, 5.74) is 5.05. The van der Waals surface area contributed by atoms with Crippen LogP contribution in [0, 0.1) is 6.92 Å². The Hall–Kier alpha value is -0.480. The first kappa shape index (κ1) is 10.6. The molecule has 2 nitrogen and oxygen atoms in total. The van der Waals surface area contributed by atoms with Crippen molar-refractivity contribution in [2.24, 2.45) is 5.73 Å². The zero-order chi connectivity index (χ0) is 9.90. The van der Waals surface area contributed by atoms with Gasteiger partial charge in [0, 0.05) is 24.0 Å². The van der Waals surface area contributed by atoms with E-state index in [1.54, 1.807) is 0 Å². The molecule has 13 heavy (non-hydrogen) atoms. The molecule has 1 atom stereocenters. The summed E-state index contributed by atoms with van der Waals surface area (Å²) in [6, 6.07) is 0. The van der Waals surface area contributed by atoms with E-state index in [4.69, 9.17) is 5.73 Å². The lowest BCUT2D eigenvalue weighted by Gasteiger charge is -2.19. The summed E-state index contributed by atoms with van der Waals surface area (Å²) in [6.45, 7) is 3.80. The Kier molecular flexibility index (Phi) is 3.39. The molecular weight excluding hydrogens is 187 g/mol. The van der Waals surface area contributed by atoms with Gasteiger partial charge in [-0.3, -0.25) is 0 Å². The minimum Gasteiger partial charge on any atom is -0.328 e. The number of thiazole rings is 1. The number of aryl methyl sites for hydroxylation is 1. The van der Waals surface area contributed by atoms with E-state index in [1.807, 2.05) is 19.2 Å². The summed E-state index contributed by atoms with van der Waals surface area (Å²) < 4.78 is 13.8. The highest BCUT2D eigenvalue weighted by Crippen LogP contribution is 2.22. The first-order valence-electron chi connectivity index (χ1n) is 4.39. The maximum Gasteiger partial charge on any atom is 0.129 e. The van der Waals surface area contributed by atoms with Crippen LogP contribution in [0.1, 0.15) is 24.0 Å². The van der Waals surface area contributed by atoms with Gasteiger partial charge < -0.3 is 5.73 Å². The number of alkyl halides is 1. The van der Waals surface area contributed by atoms with Crippen LogP contribution in [-0.2, 0) is 6.42 Å². The van der Waals surface area contributed by atoms with E-state index in [-0.39, 0.29) is 6.54 Å². The number of nitrogens with two attached hydrogens (primary N) is 1. The van der Waals surface area contributed by atoms with Crippen LogP contribution in [0.4, 0.5) is 4.39 Å². The highest BCUT2D eigenvalue weighted by Gasteiger charge is 2.27. The van der Waals surface area contributed by atoms with Crippen molar-refractivity contribution < 1.29 is 4.39 Å². The Morgan fingerprint density at radius 2 is 2.38 bits per heavy atom. The molecule has 0 radical (unpaired) electrons. The second kappa shape index (κ2) is 4.15. The van der Waals surface area contributed by atoms with E-state index in [0.29, 0.717) is 12.8 Å². The number of hydrogen-bond acceptors (Lipinski definition) is 3. The van der Waals surface area contributed by atoms with Crippen molar-refractivity contribution in [1.82, 2.24) is 4.98 Å². The highest BCUT2D eigenvalue weighted by atomic mass is 32.1. The van der Waals surface area contributed by atoms with E-state index in [1.165, 1.54) is 11.3 Å². The molecule has 1 unspecified atom stereocenters. The minimum atomic E-state index is -1.27. The van der Waals surface area contributed by atoms with Gasteiger partial charge in [-0.15, -0.1) is 11.3 Å². The van der Waals surface area contributed by atoms with Crippen LogP contribution in [0.25, 0.3) is 0 Å². The van der Waals surface area contributed by atoms with Crippen molar-refractivity contribution in [2.75, 3.05) is 6.54 Å². The Morgan fingerprint density at radius 1 is 1.69 bits per heavy atom. The molecule has 1 rings (SSSR count). The Balaban J connectivity index is 2.67. The molecule has 1 aromatic heterocycles. The van der Waals surface area contributed by atoms with Gasteiger partial charge in [0.2, 0.25) is 0 Å². The fourth-order valence-electron chi connectivity index (χ4n) is 1.10. The van der Waals surface area contributed by atoms with Gasteiger partial charge in [0.15, 0.2) is 0 Å². The van der Waals surface area contributed by atoms with Crippen molar-refractivity contribution in [3.63, 3.8) is 0 Å². The minimum absolute atomic E-state index is 0.0716. The number of hydrogen-bond donors (Lipinski definition) is 1. The van der Waals surface area contributed by atoms with Crippen LogP contribution in [0.15, 0.2) is 5.38 Å². The van der Waals surface area contributed by atoms with E-state index in [0.717, 1.165) is 10.7 Å². The molecule has 0 aromatic carbocycles. The lowest BCUT2D eigenvalue weighted by Crippen LogP contribution is -2.34. The molecule has 2 N–H and O–H groups in total. The predicted octanol–water partition coefficient (Wildman–Crippen LogP) is 2.07. The maximum absolute atomic E-state index is 13.8. The molecule has 4 heteroatoms. The Morgan fingerprint density at radius 3 is 2.77 bits per heavy atom. The van der Waals surface area contributed by atoms with Gasteiger partial charge in [-0.25, -0.2) is 9.37 Å². The molecule has 0 aliphatic heterocycles. The van der Waals surface area contributed by atoms with E-state index < -0.39 is 5.67 Å². The normalized spacial score (nSPS) is 15.7. The second-order valence-electron chi connectivity index (χ2n) is 3.27. The Labute approximate surface area is 82.0 Å². The van der Waals surface area contributed by atoms with E-state index >= 15 is 0 Å². The molecule has 0 saturated carbocycles. The number of rotatable bonds is 4. The Bertz CT molecular complexity index is 268. The van der Waals surface area contributed by atoms with Crippen molar-refractivity contribution in [2.45, 2.75) is 32.4 Å². The SMILES string of the molecule is CCC(F)(CN)Cc1nc(C)cs1. The van der Waals surface area contributed by atoms with Crippen LogP contribution >= 0.6 is 11.3 Å². The lowest BCUT2D eigenvalue weighted by molar-refractivity contribution is 0.167. The molecule has 1 aromatic rings. The van der Waals surface area contributed by atoms with Crippen LogP contribution in [-0.4, -0.2) is 17.2 Å². The lowest BCUT2D eigenvalue weighted by atomic mass is 9.99. The average Bonchev–Trinajstić information content (AvgIpc) is 2.51. The summed E-state index contributed by atoms with van der Waals surface area (Å²) >= 11 is 1.50. The topological polar surface area (TPSA) is 38.9 Å². The standard InChI is InChI=1S/C9H15FN2S/c1-3-9(10,6-11)4-8-12-7(2)5-13-8/h5H,3-4,6,11H2,1-2H3. The molecule has 1 heterocycles. The summed E-state index contributed by atoms with van der Waals surface area (Å²) in [6.07, 6.45) is 0.792. The average molecular weight is 202 g/mol. The summed E-state index contributed by atoms with van der Waals surface area (Å²) in [5, 5.41) is 2.77. The molecule has 0 fully saturated rings. The molecule has 0 aliphatic carbocycles. The van der Waals surface area contributed by atoms with Crippen LogP contribution in [0.5, 0.6) is 0 Å². The smallest absolute Gasteiger partial charge is 0.129 e. The quantitative estimate of drug-likeness (QED) is 0.811. The molecule has 0 aliphatic rings. The molecule has 0 spiro atoms. The van der Waals surface area contributed by atoms with Gasteiger partial charge in [0.05, 0.1) is 5.01 Å². The monoisotopic (exact) mass is 202 g/mol. The van der Waals surface area contributed by atoms with Gasteiger partial charge in [-0.2, -0.15) is 0 Å². The van der Waals surface area contributed by atoms with Gasteiger partial charge in [0.1, 0.15) is 5.67 Å². The fourth-order valence-corrected chi connectivity index (χ4v) is 1.99. The van der Waals surface area contributed by atoms with Gasteiger partial charge >= 0.3 is 0 Å². The largest absolute Gasteiger partial charge is 0.328 e. The third-order valence-corrected chi connectivity index (χ3v) is 3.10. The van der Waals surface area contributed by atoms with Crippen LogP contribution in [0.3, 0.4) is 0 Å². The molecule has 0 amide bonds. The van der Waals surface area contributed by atoms with Crippen LogP contribution < -0.4 is 5.73 Å². The summed E-state index contributed by atoms with van der Waals surface area (Å²) in [4.78, 5) is 4.21. The van der Waals surface area contributed by atoms with Crippen molar-refractivity contribution in [3.8, 4) is 0 Å². The highest BCUT2D eigenvalue weighted by molar-refractivity contribution is 7.09. The molecule has 0 saturated heterocycles. The maximum atomic E-state index is 13.8. The van der Waals surface area contributed by atoms with E-state index in [2.05, 4.69) is 4.98 Å². The third kappa shape index (κ3) is 2.74. The second-order valence-corrected chi connectivity index (χ2v) is 4.21. The molecule has 74 valence electrons. The first-order chi connectivity index (χ1) is 6.09. The van der Waals surface area contributed by atoms with Crippen molar-refractivity contribution >= 4 is 11.3 Å². The predicted molar refractivity (Wildman–Crippen MR) is 53.7 cm³/mol. The van der Waals surface area contributed by atoms with Crippen molar-refractivity contribution in [1.29, 1.82) is 0 Å². The number of halogens is 1. The van der Waals surface area contributed by atoms with Crippen molar-refractivity contribution in [3.05, 3.63) is 16.1 Å². The van der Waals surface area contributed by atoms with Gasteiger partial charge in [-0.05, 0) is 13.3 Å². The van der Waals surface area contributed by atoms with Crippen LogP contribution in [0.2, 0.25) is 0 Å². The van der Waals surface area contributed by atoms with E-state index in [9.17, 15) is 4.39 Å². The first-order valence-corrected chi connectivity index (χ1v) is 5.27.